The van der Waals surface area contributed by atoms with Gasteiger partial charge in [-0.1, -0.05) is 19.1 Å². The SMILES string of the molecule is CCc1ccc(OCC(=O)NNC(=S)NC(=O)COc2ccc(C)cc2Br)c(Br)c1. The maximum absolute atomic E-state index is 11.9. The van der Waals surface area contributed by atoms with Gasteiger partial charge in [0.15, 0.2) is 18.3 Å². The number of hydrogen-bond acceptors (Lipinski definition) is 5. The number of halogens is 2. The lowest BCUT2D eigenvalue weighted by atomic mass is 10.2. The van der Waals surface area contributed by atoms with Gasteiger partial charge in [-0.05, 0) is 92.8 Å². The average Bonchev–Trinajstić information content (AvgIpc) is 2.70. The molecule has 10 heteroatoms. The van der Waals surface area contributed by atoms with Crippen LogP contribution in [0.2, 0.25) is 0 Å². The number of aryl methyl sites for hydroxylation is 2. The standard InChI is InChI=1S/C20H21Br2N3O4S/c1-3-13-5-7-17(15(22)9-13)29-11-19(27)24-25-20(30)23-18(26)10-28-16-6-4-12(2)8-14(16)21/h4-9H,3,10-11H2,1-2H3,(H,24,27)(H2,23,25,26,30). The predicted octanol–water partition coefficient (Wildman–Crippen LogP) is 3.56. The van der Waals surface area contributed by atoms with Crippen LogP contribution in [-0.4, -0.2) is 30.1 Å². The minimum atomic E-state index is -0.467. The minimum Gasteiger partial charge on any atom is -0.483 e. The quantitative estimate of drug-likeness (QED) is 0.356. The van der Waals surface area contributed by atoms with Crippen molar-refractivity contribution < 1.29 is 19.1 Å². The molecule has 0 aromatic heterocycles. The molecule has 2 aromatic carbocycles. The molecule has 0 atom stereocenters. The van der Waals surface area contributed by atoms with Crippen molar-refractivity contribution in [3.8, 4) is 11.5 Å². The van der Waals surface area contributed by atoms with E-state index in [1.807, 2.05) is 31.2 Å². The summed E-state index contributed by atoms with van der Waals surface area (Å²) in [5.41, 5.74) is 7.02. The smallest absolute Gasteiger partial charge is 0.276 e. The fraction of sp³-hybridized carbons (Fsp3) is 0.250. The lowest BCUT2D eigenvalue weighted by Crippen LogP contribution is -2.50. The van der Waals surface area contributed by atoms with Crippen molar-refractivity contribution >= 4 is 61.0 Å². The van der Waals surface area contributed by atoms with Crippen LogP contribution in [0.3, 0.4) is 0 Å². The molecule has 0 aliphatic heterocycles. The highest BCUT2D eigenvalue weighted by Crippen LogP contribution is 2.26. The van der Waals surface area contributed by atoms with E-state index in [1.165, 1.54) is 0 Å². The summed E-state index contributed by atoms with van der Waals surface area (Å²) in [6, 6.07) is 11.2. The molecular formula is C20H21Br2N3O4S. The van der Waals surface area contributed by atoms with E-state index >= 15 is 0 Å². The van der Waals surface area contributed by atoms with Gasteiger partial charge in [-0.25, -0.2) is 0 Å². The molecule has 2 amide bonds. The summed E-state index contributed by atoms with van der Waals surface area (Å²) in [6.07, 6.45) is 0.903. The summed E-state index contributed by atoms with van der Waals surface area (Å²) in [7, 11) is 0. The number of thiocarbonyl (C=S) groups is 1. The normalized spacial score (nSPS) is 10.1. The van der Waals surface area contributed by atoms with Crippen molar-refractivity contribution in [1.29, 1.82) is 0 Å². The molecule has 0 saturated heterocycles. The molecule has 0 aliphatic rings. The van der Waals surface area contributed by atoms with Crippen LogP contribution in [0.25, 0.3) is 0 Å². The van der Waals surface area contributed by atoms with Crippen molar-refractivity contribution in [2.75, 3.05) is 13.2 Å². The maximum atomic E-state index is 11.9. The number of amides is 2. The Balaban J connectivity index is 1.69. The van der Waals surface area contributed by atoms with Crippen LogP contribution in [0.4, 0.5) is 0 Å². The van der Waals surface area contributed by atoms with Gasteiger partial charge < -0.3 is 9.47 Å². The monoisotopic (exact) mass is 557 g/mol. The predicted molar refractivity (Wildman–Crippen MR) is 125 cm³/mol. The van der Waals surface area contributed by atoms with Gasteiger partial charge in [0.2, 0.25) is 0 Å². The Bertz CT molecular complexity index is 940. The molecule has 0 fully saturated rings. The van der Waals surface area contributed by atoms with E-state index in [-0.39, 0.29) is 18.3 Å². The average molecular weight is 559 g/mol. The topological polar surface area (TPSA) is 88.7 Å². The zero-order valence-corrected chi connectivity index (χ0v) is 20.4. The molecule has 160 valence electrons. The zero-order valence-electron chi connectivity index (χ0n) is 16.4. The molecule has 0 saturated carbocycles. The lowest BCUT2D eigenvalue weighted by Gasteiger charge is -2.13. The first kappa shape index (κ1) is 24.1. The number of benzene rings is 2. The number of nitrogens with one attached hydrogen (secondary N) is 3. The van der Waals surface area contributed by atoms with Gasteiger partial charge in [-0.3, -0.25) is 25.8 Å². The van der Waals surface area contributed by atoms with Gasteiger partial charge in [0.25, 0.3) is 11.8 Å². The van der Waals surface area contributed by atoms with Gasteiger partial charge >= 0.3 is 0 Å². The molecule has 0 bridgehead atoms. The third-order valence-corrected chi connectivity index (χ3v) is 5.22. The number of rotatable bonds is 7. The molecule has 0 heterocycles. The van der Waals surface area contributed by atoms with Gasteiger partial charge in [-0.2, -0.15) is 0 Å². The number of ether oxygens (including phenoxy) is 2. The largest absolute Gasteiger partial charge is 0.483 e. The van der Waals surface area contributed by atoms with Crippen LogP contribution < -0.4 is 25.6 Å². The molecule has 0 aliphatic carbocycles. The molecule has 2 rings (SSSR count). The molecule has 2 aromatic rings. The summed E-state index contributed by atoms with van der Waals surface area (Å²) >= 11 is 11.8. The van der Waals surface area contributed by atoms with E-state index in [0.29, 0.717) is 11.5 Å². The summed E-state index contributed by atoms with van der Waals surface area (Å²) in [5, 5.41) is 2.35. The summed E-state index contributed by atoms with van der Waals surface area (Å²) in [5.74, 6) is 0.166. The van der Waals surface area contributed by atoms with Crippen molar-refractivity contribution in [3.63, 3.8) is 0 Å². The Morgan fingerprint density at radius 3 is 2.13 bits per heavy atom. The van der Waals surface area contributed by atoms with Crippen LogP contribution in [0, 0.1) is 6.92 Å². The second-order valence-electron chi connectivity index (χ2n) is 6.18. The Hall–Kier alpha value is -2.17. The Kier molecular flexibility index (Phi) is 9.54. The van der Waals surface area contributed by atoms with Crippen LogP contribution in [0.15, 0.2) is 45.3 Å². The lowest BCUT2D eigenvalue weighted by molar-refractivity contribution is -0.124. The fourth-order valence-corrected chi connectivity index (χ4v) is 3.56. The minimum absolute atomic E-state index is 0.0617. The molecule has 3 N–H and O–H groups in total. The van der Waals surface area contributed by atoms with Gasteiger partial charge in [0.05, 0.1) is 8.95 Å². The van der Waals surface area contributed by atoms with Gasteiger partial charge in [0.1, 0.15) is 11.5 Å². The Labute approximate surface area is 197 Å². The van der Waals surface area contributed by atoms with Crippen molar-refractivity contribution in [3.05, 3.63) is 56.5 Å². The zero-order chi connectivity index (χ0) is 22.1. The number of hydrazine groups is 1. The maximum Gasteiger partial charge on any atom is 0.276 e. The molecule has 0 spiro atoms. The molecular weight excluding hydrogens is 538 g/mol. The third-order valence-electron chi connectivity index (χ3n) is 3.78. The van der Waals surface area contributed by atoms with Crippen LogP contribution >= 0.6 is 44.1 Å². The Morgan fingerprint density at radius 1 is 0.933 bits per heavy atom. The third kappa shape index (κ3) is 7.92. The molecule has 0 radical (unpaired) electrons. The van der Waals surface area contributed by atoms with E-state index in [1.54, 1.807) is 12.1 Å². The summed E-state index contributed by atoms with van der Waals surface area (Å²) in [4.78, 5) is 23.8. The molecule has 0 unspecified atom stereocenters. The number of hydrogen-bond donors (Lipinski definition) is 3. The van der Waals surface area contributed by atoms with Gasteiger partial charge in [0, 0.05) is 0 Å². The second-order valence-corrected chi connectivity index (χ2v) is 8.30. The van der Waals surface area contributed by atoms with Crippen molar-refractivity contribution in [1.82, 2.24) is 16.2 Å². The fourth-order valence-electron chi connectivity index (χ4n) is 2.25. The highest BCUT2D eigenvalue weighted by molar-refractivity contribution is 9.10. The second kappa shape index (κ2) is 11.9. The summed E-state index contributed by atoms with van der Waals surface area (Å²) < 4.78 is 12.4. The van der Waals surface area contributed by atoms with E-state index in [2.05, 4.69) is 55.0 Å². The van der Waals surface area contributed by atoms with E-state index < -0.39 is 11.8 Å². The first-order valence-corrected chi connectivity index (χ1v) is 11.0. The highest BCUT2D eigenvalue weighted by Gasteiger charge is 2.10. The van der Waals surface area contributed by atoms with E-state index in [0.717, 1.165) is 26.5 Å². The number of carbonyl (C=O) groups excluding carboxylic acids is 2. The number of carbonyl (C=O) groups is 2. The van der Waals surface area contributed by atoms with Crippen molar-refractivity contribution in [2.45, 2.75) is 20.3 Å². The molecule has 30 heavy (non-hydrogen) atoms. The van der Waals surface area contributed by atoms with Crippen LogP contribution in [0.5, 0.6) is 11.5 Å². The van der Waals surface area contributed by atoms with E-state index in [9.17, 15) is 9.59 Å². The summed E-state index contributed by atoms with van der Waals surface area (Å²) in [6.45, 7) is 3.54. The first-order valence-electron chi connectivity index (χ1n) is 8.97. The van der Waals surface area contributed by atoms with Crippen LogP contribution in [0.1, 0.15) is 18.1 Å². The Morgan fingerprint density at radius 2 is 1.53 bits per heavy atom. The van der Waals surface area contributed by atoms with Gasteiger partial charge in [-0.15, -0.1) is 0 Å². The van der Waals surface area contributed by atoms with E-state index in [4.69, 9.17) is 21.7 Å². The van der Waals surface area contributed by atoms with Crippen LogP contribution in [-0.2, 0) is 16.0 Å². The molecule has 7 nitrogen and oxygen atoms in total. The first-order chi connectivity index (χ1) is 14.3. The highest BCUT2D eigenvalue weighted by atomic mass is 79.9. The van der Waals surface area contributed by atoms with Crippen molar-refractivity contribution in [2.24, 2.45) is 0 Å².